The first-order valence-corrected chi connectivity index (χ1v) is 7.59. The zero-order valence-electron chi connectivity index (χ0n) is 13.6. The molecule has 142 valence electrons. The van der Waals surface area contributed by atoms with Crippen LogP contribution in [0.2, 0.25) is 0 Å². The molecule has 11 heteroatoms. The number of halogens is 3. The van der Waals surface area contributed by atoms with Crippen LogP contribution in [-0.2, 0) is 6.54 Å². The fraction of sp³-hybridized carbons (Fsp3) is 0.188. The lowest BCUT2D eigenvalue weighted by Gasteiger charge is -2.10. The van der Waals surface area contributed by atoms with Crippen LogP contribution in [0.5, 0.6) is 5.75 Å². The summed E-state index contributed by atoms with van der Waals surface area (Å²) >= 11 is 0. The molecule has 3 aromatic rings. The van der Waals surface area contributed by atoms with Gasteiger partial charge in [0.15, 0.2) is 5.69 Å². The Labute approximate surface area is 150 Å². The Morgan fingerprint density at radius 2 is 2.15 bits per heavy atom. The van der Waals surface area contributed by atoms with E-state index >= 15 is 0 Å². The molecular formula is C16H13F3N4O4. The van der Waals surface area contributed by atoms with Gasteiger partial charge in [0.05, 0.1) is 19.0 Å². The Kier molecular flexibility index (Phi) is 5.12. The molecule has 1 amide bonds. The molecule has 2 aromatic heterocycles. The summed E-state index contributed by atoms with van der Waals surface area (Å²) in [7, 11) is 0. The van der Waals surface area contributed by atoms with Crippen LogP contribution >= 0.6 is 0 Å². The summed E-state index contributed by atoms with van der Waals surface area (Å²) in [6.45, 7) is 0.00268. The molecule has 0 aliphatic heterocycles. The number of anilines is 1. The van der Waals surface area contributed by atoms with Crippen LogP contribution in [0.25, 0.3) is 0 Å². The smallest absolute Gasteiger partial charge is 0.467 e. The molecule has 0 saturated carbocycles. The standard InChI is InChI=1S/C16H13F3N4O4/c17-16(18,19)27-11-4-1-3-10(7-11)20-15(25)12-8-23(22-21-12)9-13(24)14-5-2-6-26-14/h1-8,13,24H,9H2,(H,20,25)/t13-/m1/s1. The highest BCUT2D eigenvalue weighted by Crippen LogP contribution is 2.25. The van der Waals surface area contributed by atoms with E-state index in [-0.39, 0.29) is 17.9 Å². The molecule has 0 radical (unpaired) electrons. The van der Waals surface area contributed by atoms with Gasteiger partial charge in [-0.15, -0.1) is 18.3 Å². The Morgan fingerprint density at radius 3 is 2.85 bits per heavy atom. The first-order valence-electron chi connectivity index (χ1n) is 7.59. The van der Waals surface area contributed by atoms with Gasteiger partial charge in [0.1, 0.15) is 17.6 Å². The van der Waals surface area contributed by atoms with Gasteiger partial charge in [0.2, 0.25) is 0 Å². The second-order valence-electron chi connectivity index (χ2n) is 5.39. The molecule has 1 atom stereocenters. The van der Waals surface area contributed by atoms with Gasteiger partial charge in [-0.1, -0.05) is 11.3 Å². The minimum absolute atomic E-state index is 0.00268. The van der Waals surface area contributed by atoms with Crippen molar-refractivity contribution in [3.63, 3.8) is 0 Å². The lowest BCUT2D eigenvalue weighted by atomic mass is 10.3. The molecule has 1 aromatic carbocycles. The van der Waals surface area contributed by atoms with E-state index in [2.05, 4.69) is 20.4 Å². The number of rotatable bonds is 6. The maximum Gasteiger partial charge on any atom is 0.573 e. The maximum atomic E-state index is 12.3. The first kappa shape index (κ1) is 18.5. The molecular weight excluding hydrogens is 369 g/mol. The number of aliphatic hydroxyl groups excluding tert-OH is 1. The molecule has 2 heterocycles. The van der Waals surface area contributed by atoms with E-state index in [1.165, 1.54) is 29.3 Å². The fourth-order valence-electron chi connectivity index (χ4n) is 2.21. The monoisotopic (exact) mass is 382 g/mol. The van der Waals surface area contributed by atoms with Gasteiger partial charge in [-0.25, -0.2) is 4.68 Å². The number of benzene rings is 1. The third kappa shape index (κ3) is 5.07. The Morgan fingerprint density at radius 1 is 1.33 bits per heavy atom. The lowest BCUT2D eigenvalue weighted by molar-refractivity contribution is -0.274. The minimum atomic E-state index is -4.83. The van der Waals surface area contributed by atoms with Crippen molar-refractivity contribution in [2.45, 2.75) is 19.0 Å². The summed E-state index contributed by atoms with van der Waals surface area (Å²) in [4.78, 5) is 12.2. The van der Waals surface area contributed by atoms with Gasteiger partial charge in [0.25, 0.3) is 5.91 Å². The van der Waals surface area contributed by atoms with Crippen LogP contribution in [0.1, 0.15) is 22.4 Å². The highest BCUT2D eigenvalue weighted by atomic mass is 19.4. The number of nitrogens with one attached hydrogen (secondary N) is 1. The first-order chi connectivity index (χ1) is 12.8. The average molecular weight is 382 g/mol. The van der Waals surface area contributed by atoms with Crippen molar-refractivity contribution in [3.8, 4) is 5.75 Å². The lowest BCUT2D eigenvalue weighted by Crippen LogP contribution is -2.17. The van der Waals surface area contributed by atoms with Gasteiger partial charge >= 0.3 is 6.36 Å². The van der Waals surface area contributed by atoms with Crippen molar-refractivity contribution in [2.24, 2.45) is 0 Å². The van der Waals surface area contributed by atoms with E-state index in [9.17, 15) is 23.1 Å². The van der Waals surface area contributed by atoms with Gasteiger partial charge in [-0.2, -0.15) is 0 Å². The van der Waals surface area contributed by atoms with Crippen LogP contribution in [0.3, 0.4) is 0 Å². The normalized spacial score (nSPS) is 12.6. The molecule has 0 aliphatic carbocycles. The summed E-state index contributed by atoms with van der Waals surface area (Å²) in [6.07, 6.45) is -3.11. The van der Waals surface area contributed by atoms with E-state index < -0.39 is 24.1 Å². The predicted molar refractivity (Wildman–Crippen MR) is 84.8 cm³/mol. The highest BCUT2D eigenvalue weighted by molar-refractivity contribution is 6.02. The van der Waals surface area contributed by atoms with E-state index in [4.69, 9.17) is 4.42 Å². The Hall–Kier alpha value is -3.34. The van der Waals surface area contributed by atoms with Crippen LogP contribution in [-0.4, -0.2) is 32.4 Å². The zero-order chi connectivity index (χ0) is 19.4. The number of amides is 1. The number of carbonyl (C=O) groups excluding carboxylic acids is 1. The van der Waals surface area contributed by atoms with Gasteiger partial charge in [0, 0.05) is 11.8 Å². The van der Waals surface area contributed by atoms with Crippen molar-refractivity contribution in [3.05, 3.63) is 60.3 Å². The van der Waals surface area contributed by atoms with Gasteiger partial charge in [-0.3, -0.25) is 4.79 Å². The molecule has 0 spiro atoms. The van der Waals surface area contributed by atoms with Crippen molar-refractivity contribution in [2.75, 3.05) is 5.32 Å². The molecule has 3 rings (SSSR count). The van der Waals surface area contributed by atoms with Crippen molar-refractivity contribution in [1.29, 1.82) is 0 Å². The maximum absolute atomic E-state index is 12.3. The summed E-state index contributed by atoms with van der Waals surface area (Å²) in [6, 6.07) is 8.03. The van der Waals surface area contributed by atoms with Crippen molar-refractivity contribution >= 4 is 11.6 Å². The fourth-order valence-corrected chi connectivity index (χ4v) is 2.21. The third-order valence-electron chi connectivity index (χ3n) is 3.33. The largest absolute Gasteiger partial charge is 0.573 e. The predicted octanol–water partition coefficient (Wildman–Crippen LogP) is 2.76. The number of ether oxygens (including phenoxy) is 1. The summed E-state index contributed by atoms with van der Waals surface area (Å²) in [5.74, 6) is -0.818. The summed E-state index contributed by atoms with van der Waals surface area (Å²) < 4.78 is 46.9. The SMILES string of the molecule is O=C(Nc1cccc(OC(F)(F)F)c1)c1cn(C[C@@H](O)c2ccco2)nn1. The number of furan rings is 1. The Bertz CT molecular complexity index is 909. The number of aromatic nitrogens is 3. The van der Waals surface area contributed by atoms with Crippen molar-refractivity contribution in [1.82, 2.24) is 15.0 Å². The number of aliphatic hydroxyl groups is 1. The quantitative estimate of drug-likeness (QED) is 0.680. The molecule has 0 bridgehead atoms. The van der Waals surface area contributed by atoms with Crippen LogP contribution < -0.4 is 10.1 Å². The Balaban J connectivity index is 1.63. The van der Waals surface area contributed by atoms with E-state index in [1.807, 2.05) is 0 Å². The number of hydrogen-bond donors (Lipinski definition) is 2. The molecule has 27 heavy (non-hydrogen) atoms. The van der Waals surface area contributed by atoms with E-state index in [1.54, 1.807) is 12.1 Å². The number of carbonyl (C=O) groups is 1. The van der Waals surface area contributed by atoms with Gasteiger partial charge < -0.3 is 19.6 Å². The summed E-state index contributed by atoms with van der Waals surface area (Å²) in [5.41, 5.74) is 0.00991. The third-order valence-corrected chi connectivity index (χ3v) is 3.33. The van der Waals surface area contributed by atoms with Gasteiger partial charge in [-0.05, 0) is 24.3 Å². The molecule has 0 aliphatic rings. The second kappa shape index (κ2) is 7.50. The summed E-state index contributed by atoms with van der Waals surface area (Å²) in [5, 5.41) is 19.8. The van der Waals surface area contributed by atoms with E-state index in [0.717, 1.165) is 12.1 Å². The van der Waals surface area contributed by atoms with Crippen LogP contribution in [0, 0.1) is 0 Å². The molecule has 0 fully saturated rings. The van der Waals surface area contributed by atoms with Crippen molar-refractivity contribution < 1.29 is 32.2 Å². The molecule has 0 unspecified atom stereocenters. The second-order valence-corrected chi connectivity index (χ2v) is 5.39. The average Bonchev–Trinajstić information content (AvgIpc) is 3.25. The highest BCUT2D eigenvalue weighted by Gasteiger charge is 2.31. The number of nitrogens with zero attached hydrogens (tertiary/aromatic N) is 3. The number of hydrogen-bond acceptors (Lipinski definition) is 6. The van der Waals surface area contributed by atoms with E-state index in [0.29, 0.717) is 5.76 Å². The number of alkyl halides is 3. The molecule has 8 nitrogen and oxygen atoms in total. The van der Waals surface area contributed by atoms with Crippen LogP contribution in [0.4, 0.5) is 18.9 Å². The molecule has 0 saturated heterocycles. The zero-order valence-corrected chi connectivity index (χ0v) is 13.6. The topological polar surface area (TPSA) is 102 Å². The molecule has 2 N–H and O–H groups in total. The minimum Gasteiger partial charge on any atom is -0.467 e. The van der Waals surface area contributed by atoms with Crippen LogP contribution in [0.15, 0.2) is 53.3 Å².